The van der Waals surface area contributed by atoms with Crippen LogP contribution in [0.3, 0.4) is 0 Å². The average Bonchev–Trinajstić information content (AvgIpc) is 2.20. The molecule has 0 heterocycles. The van der Waals surface area contributed by atoms with Crippen molar-refractivity contribution < 1.29 is 9.53 Å². The third kappa shape index (κ3) is 3.15. The van der Waals surface area contributed by atoms with Crippen LogP contribution >= 0.6 is 0 Å². The van der Waals surface area contributed by atoms with E-state index in [1.165, 1.54) is 0 Å². The summed E-state index contributed by atoms with van der Waals surface area (Å²) in [5.74, 6) is 0. The number of anilines is 2. The molecular formula is C12H18N2O2. The fourth-order valence-electron chi connectivity index (χ4n) is 1.53. The van der Waals surface area contributed by atoms with Crippen molar-refractivity contribution in [1.29, 1.82) is 0 Å². The second-order valence-corrected chi connectivity index (χ2v) is 3.79. The van der Waals surface area contributed by atoms with Crippen LogP contribution in [0.5, 0.6) is 0 Å². The number of nitrogens with two attached hydrogens (primary N) is 1. The van der Waals surface area contributed by atoms with Crippen molar-refractivity contribution in [2.45, 2.75) is 27.2 Å². The van der Waals surface area contributed by atoms with E-state index in [0.29, 0.717) is 12.3 Å². The van der Waals surface area contributed by atoms with Gasteiger partial charge >= 0.3 is 6.09 Å². The molecule has 0 atom stereocenters. The molecule has 0 spiro atoms. The van der Waals surface area contributed by atoms with E-state index in [2.05, 4.69) is 5.32 Å². The summed E-state index contributed by atoms with van der Waals surface area (Å²) in [6, 6.07) is 3.64. The zero-order chi connectivity index (χ0) is 12.1. The summed E-state index contributed by atoms with van der Waals surface area (Å²) >= 11 is 0. The number of amides is 1. The van der Waals surface area contributed by atoms with E-state index in [0.717, 1.165) is 23.2 Å². The molecule has 4 nitrogen and oxygen atoms in total. The molecule has 0 aliphatic heterocycles. The zero-order valence-electron chi connectivity index (χ0n) is 9.96. The molecule has 0 unspecified atom stereocenters. The topological polar surface area (TPSA) is 64.3 Å². The minimum atomic E-state index is -0.419. The summed E-state index contributed by atoms with van der Waals surface area (Å²) in [4.78, 5) is 11.4. The molecule has 0 aromatic heterocycles. The first-order chi connectivity index (χ1) is 7.54. The molecule has 88 valence electrons. The van der Waals surface area contributed by atoms with E-state index in [9.17, 15) is 4.79 Å². The third-order valence-electron chi connectivity index (χ3n) is 2.22. The Bertz CT molecular complexity index is 366. The lowest BCUT2D eigenvalue weighted by Gasteiger charge is -2.12. The van der Waals surface area contributed by atoms with Gasteiger partial charge < -0.3 is 10.5 Å². The van der Waals surface area contributed by atoms with Gasteiger partial charge in [-0.2, -0.15) is 0 Å². The van der Waals surface area contributed by atoms with Crippen molar-refractivity contribution in [3.63, 3.8) is 0 Å². The van der Waals surface area contributed by atoms with Gasteiger partial charge in [-0.25, -0.2) is 4.79 Å². The highest BCUT2D eigenvalue weighted by molar-refractivity contribution is 5.87. The van der Waals surface area contributed by atoms with Crippen LogP contribution in [0.1, 0.15) is 24.5 Å². The van der Waals surface area contributed by atoms with Gasteiger partial charge in [-0.15, -0.1) is 0 Å². The van der Waals surface area contributed by atoms with Gasteiger partial charge in [-0.05, 0) is 43.5 Å². The van der Waals surface area contributed by atoms with E-state index in [1.54, 1.807) is 0 Å². The SMILES string of the molecule is CCCOC(=O)Nc1c(C)cc(N)cc1C. The van der Waals surface area contributed by atoms with Crippen LogP contribution in [-0.2, 0) is 4.74 Å². The number of carbonyl (C=O) groups is 1. The van der Waals surface area contributed by atoms with Gasteiger partial charge in [0.1, 0.15) is 0 Å². The predicted molar refractivity (Wildman–Crippen MR) is 65.6 cm³/mol. The summed E-state index contributed by atoms with van der Waals surface area (Å²) in [6.45, 7) is 6.18. The molecule has 0 fully saturated rings. The molecule has 0 radical (unpaired) electrons. The van der Waals surface area contributed by atoms with Crippen molar-refractivity contribution in [2.75, 3.05) is 17.7 Å². The highest BCUT2D eigenvalue weighted by Crippen LogP contribution is 2.23. The number of nitrogen functional groups attached to an aromatic ring is 1. The molecule has 3 N–H and O–H groups in total. The molecule has 1 amide bonds. The van der Waals surface area contributed by atoms with E-state index < -0.39 is 6.09 Å². The number of rotatable bonds is 3. The van der Waals surface area contributed by atoms with Crippen LogP contribution in [0, 0.1) is 13.8 Å². The van der Waals surface area contributed by atoms with E-state index in [-0.39, 0.29) is 0 Å². The molecule has 4 heteroatoms. The average molecular weight is 222 g/mol. The largest absolute Gasteiger partial charge is 0.449 e. The normalized spacial score (nSPS) is 9.94. The molecule has 0 bridgehead atoms. The van der Waals surface area contributed by atoms with E-state index >= 15 is 0 Å². The quantitative estimate of drug-likeness (QED) is 0.773. The lowest BCUT2D eigenvalue weighted by molar-refractivity contribution is 0.161. The second kappa shape index (κ2) is 5.39. The monoisotopic (exact) mass is 222 g/mol. The molecule has 0 aliphatic rings. The number of hydrogen-bond acceptors (Lipinski definition) is 3. The van der Waals surface area contributed by atoms with Crippen molar-refractivity contribution >= 4 is 17.5 Å². The van der Waals surface area contributed by atoms with Crippen LogP contribution in [0.4, 0.5) is 16.2 Å². The number of benzene rings is 1. The summed E-state index contributed by atoms with van der Waals surface area (Å²) in [5, 5.41) is 2.72. The second-order valence-electron chi connectivity index (χ2n) is 3.79. The first-order valence-corrected chi connectivity index (χ1v) is 5.35. The Morgan fingerprint density at radius 3 is 2.44 bits per heavy atom. The fourth-order valence-corrected chi connectivity index (χ4v) is 1.53. The molecule has 1 aromatic rings. The van der Waals surface area contributed by atoms with Crippen molar-refractivity contribution in [3.8, 4) is 0 Å². The van der Waals surface area contributed by atoms with E-state index in [4.69, 9.17) is 10.5 Å². The summed E-state index contributed by atoms with van der Waals surface area (Å²) in [7, 11) is 0. The Hall–Kier alpha value is -1.71. The van der Waals surface area contributed by atoms with Gasteiger partial charge in [-0.1, -0.05) is 6.92 Å². The van der Waals surface area contributed by atoms with Crippen LogP contribution in [0.15, 0.2) is 12.1 Å². The Balaban J connectivity index is 2.77. The van der Waals surface area contributed by atoms with E-state index in [1.807, 2.05) is 32.9 Å². The maximum absolute atomic E-state index is 11.4. The zero-order valence-corrected chi connectivity index (χ0v) is 9.96. The van der Waals surface area contributed by atoms with Crippen molar-refractivity contribution in [1.82, 2.24) is 0 Å². The lowest BCUT2D eigenvalue weighted by Crippen LogP contribution is -2.15. The predicted octanol–water partition coefficient (Wildman–Crippen LogP) is 2.84. The number of aryl methyl sites for hydroxylation is 2. The summed E-state index contributed by atoms with van der Waals surface area (Å²) in [5.41, 5.74) is 9.04. The van der Waals surface area contributed by atoms with Gasteiger partial charge in [0.25, 0.3) is 0 Å². The van der Waals surface area contributed by atoms with Crippen LogP contribution in [-0.4, -0.2) is 12.7 Å². The Labute approximate surface area is 95.8 Å². The summed E-state index contributed by atoms with van der Waals surface area (Å²) < 4.78 is 4.95. The van der Waals surface area contributed by atoms with Gasteiger partial charge in [0.2, 0.25) is 0 Å². The minimum Gasteiger partial charge on any atom is -0.449 e. The van der Waals surface area contributed by atoms with Crippen LogP contribution < -0.4 is 11.1 Å². The van der Waals surface area contributed by atoms with Gasteiger partial charge in [0.05, 0.1) is 6.61 Å². The van der Waals surface area contributed by atoms with Crippen molar-refractivity contribution in [2.24, 2.45) is 0 Å². The van der Waals surface area contributed by atoms with Crippen LogP contribution in [0.2, 0.25) is 0 Å². The third-order valence-corrected chi connectivity index (χ3v) is 2.22. The van der Waals surface area contributed by atoms with Gasteiger partial charge in [0, 0.05) is 11.4 Å². The fraction of sp³-hybridized carbons (Fsp3) is 0.417. The highest BCUT2D eigenvalue weighted by atomic mass is 16.5. The number of ether oxygens (including phenoxy) is 1. The Morgan fingerprint density at radius 2 is 1.94 bits per heavy atom. The Kier molecular flexibility index (Phi) is 4.17. The van der Waals surface area contributed by atoms with Crippen molar-refractivity contribution in [3.05, 3.63) is 23.3 Å². The maximum atomic E-state index is 11.4. The molecule has 16 heavy (non-hydrogen) atoms. The lowest BCUT2D eigenvalue weighted by atomic mass is 10.1. The number of carbonyl (C=O) groups excluding carboxylic acids is 1. The number of nitrogens with one attached hydrogen (secondary N) is 1. The first kappa shape index (κ1) is 12.4. The smallest absolute Gasteiger partial charge is 0.411 e. The minimum absolute atomic E-state index is 0.419. The number of hydrogen-bond donors (Lipinski definition) is 2. The van der Waals surface area contributed by atoms with Gasteiger partial charge in [0.15, 0.2) is 0 Å². The maximum Gasteiger partial charge on any atom is 0.411 e. The standard InChI is InChI=1S/C12H18N2O2/c1-4-5-16-12(15)14-11-8(2)6-10(13)7-9(11)3/h6-7H,4-5,13H2,1-3H3,(H,14,15). The van der Waals surface area contributed by atoms with Crippen LogP contribution in [0.25, 0.3) is 0 Å². The molecule has 1 aromatic carbocycles. The molecule has 1 rings (SSSR count). The summed E-state index contributed by atoms with van der Waals surface area (Å²) in [6.07, 6.45) is 0.394. The first-order valence-electron chi connectivity index (χ1n) is 5.35. The Morgan fingerprint density at radius 1 is 1.38 bits per heavy atom. The molecule has 0 saturated heterocycles. The molecular weight excluding hydrogens is 204 g/mol. The van der Waals surface area contributed by atoms with Gasteiger partial charge in [-0.3, -0.25) is 5.32 Å². The highest BCUT2D eigenvalue weighted by Gasteiger charge is 2.08. The molecule has 0 aliphatic carbocycles. The molecule has 0 saturated carbocycles.